The van der Waals surface area contributed by atoms with Crippen LogP contribution in [0.4, 0.5) is 0 Å². The summed E-state index contributed by atoms with van der Waals surface area (Å²) in [6.07, 6.45) is 17.4. The van der Waals surface area contributed by atoms with Gasteiger partial charge in [0.1, 0.15) is 0 Å². The zero-order valence-electron chi connectivity index (χ0n) is 11.9. The highest BCUT2D eigenvalue weighted by molar-refractivity contribution is 4.47. The van der Waals surface area contributed by atoms with Gasteiger partial charge in [0.15, 0.2) is 0 Å². The lowest BCUT2D eigenvalue weighted by molar-refractivity contribution is 0.548. The second-order valence-corrected chi connectivity index (χ2v) is 4.54. The third kappa shape index (κ3) is 19.3. The predicted octanol–water partition coefficient (Wildman–Crippen LogP) is 6.51. The fraction of sp³-hybridized carbons (Fsp3) is 0.875. The largest absolute Gasteiger partial charge is 0.106 e. The van der Waals surface area contributed by atoms with E-state index in [1.807, 2.05) is 0 Å². The molecule has 0 saturated carbocycles. The molecule has 0 spiro atoms. The summed E-state index contributed by atoms with van der Waals surface area (Å²) in [5, 5.41) is 0. The quantitative estimate of drug-likeness (QED) is 0.278. The Kier molecular flexibility index (Phi) is 22.9. The van der Waals surface area contributed by atoms with Gasteiger partial charge in [0.2, 0.25) is 0 Å². The van der Waals surface area contributed by atoms with Crippen molar-refractivity contribution in [1.82, 2.24) is 0 Å². The van der Waals surface area contributed by atoms with Crippen LogP contribution in [0, 0.1) is 0 Å². The third-order valence-corrected chi connectivity index (χ3v) is 2.96. The zero-order chi connectivity index (χ0) is 12.5. The molecule has 0 rings (SSSR count). The van der Waals surface area contributed by atoms with E-state index >= 15 is 0 Å². The van der Waals surface area contributed by atoms with Crippen molar-refractivity contribution in [1.29, 1.82) is 0 Å². The van der Waals surface area contributed by atoms with E-state index in [-0.39, 0.29) is 0 Å². The van der Waals surface area contributed by atoms with Crippen molar-refractivity contribution < 1.29 is 0 Å². The topological polar surface area (TPSA) is 0 Å². The molecule has 0 aliphatic rings. The van der Waals surface area contributed by atoms with Crippen LogP contribution in [0.2, 0.25) is 0 Å². The van der Waals surface area contributed by atoms with Gasteiger partial charge >= 0.3 is 0 Å². The standard InChI is InChI=1S/C14H30.C2H4/c1-3-5-7-9-11-13-14-12-10-8-6-4-2;1-2/h3-14H2,1-2H3;1-2H2. The summed E-state index contributed by atoms with van der Waals surface area (Å²) in [6.45, 7) is 10.6. The van der Waals surface area contributed by atoms with Gasteiger partial charge in [-0.15, -0.1) is 13.2 Å². The third-order valence-electron chi connectivity index (χ3n) is 2.96. The molecule has 0 fully saturated rings. The zero-order valence-corrected chi connectivity index (χ0v) is 11.9. The molecule has 0 aromatic carbocycles. The highest BCUT2D eigenvalue weighted by Gasteiger charge is 1.91. The lowest BCUT2D eigenvalue weighted by atomic mass is 10.1. The van der Waals surface area contributed by atoms with Crippen molar-refractivity contribution >= 4 is 0 Å². The molecule has 0 heteroatoms. The van der Waals surface area contributed by atoms with Gasteiger partial charge in [-0.2, -0.15) is 0 Å². The molecule has 0 radical (unpaired) electrons. The molecule has 0 bridgehead atoms. The van der Waals surface area contributed by atoms with Crippen molar-refractivity contribution in [3.8, 4) is 0 Å². The normalized spacial score (nSPS) is 9.62. The summed E-state index contributed by atoms with van der Waals surface area (Å²) in [7, 11) is 0. The Morgan fingerprint density at radius 1 is 0.438 bits per heavy atom. The predicted molar refractivity (Wildman–Crippen MR) is 78.0 cm³/mol. The van der Waals surface area contributed by atoms with Crippen LogP contribution in [0.5, 0.6) is 0 Å². The average molecular weight is 226 g/mol. The molecule has 0 aliphatic carbocycles. The van der Waals surface area contributed by atoms with Gasteiger partial charge in [-0.05, 0) is 0 Å². The van der Waals surface area contributed by atoms with Gasteiger partial charge in [-0.1, -0.05) is 90.9 Å². The van der Waals surface area contributed by atoms with Crippen LogP contribution in [-0.2, 0) is 0 Å². The van der Waals surface area contributed by atoms with Gasteiger partial charge in [0, 0.05) is 0 Å². The second-order valence-electron chi connectivity index (χ2n) is 4.54. The highest BCUT2D eigenvalue weighted by atomic mass is 14.0. The minimum absolute atomic E-state index is 1.37. The maximum atomic E-state index is 3.00. The Morgan fingerprint density at radius 2 is 0.625 bits per heavy atom. The van der Waals surface area contributed by atoms with Gasteiger partial charge in [-0.25, -0.2) is 0 Å². The van der Waals surface area contributed by atoms with Crippen molar-refractivity contribution in [3.05, 3.63) is 13.2 Å². The first-order valence-corrected chi connectivity index (χ1v) is 7.41. The van der Waals surface area contributed by atoms with E-state index in [0.717, 1.165) is 0 Å². The van der Waals surface area contributed by atoms with Gasteiger partial charge in [0.25, 0.3) is 0 Å². The van der Waals surface area contributed by atoms with Crippen LogP contribution < -0.4 is 0 Å². The van der Waals surface area contributed by atoms with Crippen molar-refractivity contribution in [3.63, 3.8) is 0 Å². The Morgan fingerprint density at radius 3 is 0.812 bits per heavy atom. The fourth-order valence-electron chi connectivity index (χ4n) is 1.91. The van der Waals surface area contributed by atoms with Crippen molar-refractivity contribution in [2.45, 2.75) is 90.9 Å². The molecular formula is C16H34. The Hall–Kier alpha value is -0.260. The van der Waals surface area contributed by atoms with E-state index in [9.17, 15) is 0 Å². The molecular weight excluding hydrogens is 192 g/mol. The SMILES string of the molecule is C=C.CCCCCCCCCCCCCC. The smallest absolute Gasteiger partial charge is 0.0533 e. The first-order valence-electron chi connectivity index (χ1n) is 7.41. The van der Waals surface area contributed by atoms with Gasteiger partial charge in [-0.3, -0.25) is 0 Å². The van der Waals surface area contributed by atoms with Crippen LogP contribution in [0.1, 0.15) is 90.9 Å². The molecule has 0 aromatic rings. The first kappa shape index (κ1) is 18.1. The maximum absolute atomic E-state index is 3.00. The van der Waals surface area contributed by atoms with Gasteiger partial charge in [0.05, 0.1) is 0 Å². The number of rotatable bonds is 11. The minimum atomic E-state index is 1.37. The monoisotopic (exact) mass is 226 g/mol. The lowest BCUT2D eigenvalue weighted by Gasteiger charge is -2.01. The molecule has 0 N–H and O–H groups in total. The molecule has 98 valence electrons. The van der Waals surface area contributed by atoms with E-state index in [1.54, 1.807) is 0 Å². The Bertz CT molecular complexity index is 84.2. The van der Waals surface area contributed by atoms with Gasteiger partial charge < -0.3 is 0 Å². The van der Waals surface area contributed by atoms with Crippen LogP contribution >= 0.6 is 0 Å². The molecule has 16 heavy (non-hydrogen) atoms. The minimum Gasteiger partial charge on any atom is -0.106 e. The van der Waals surface area contributed by atoms with E-state index in [0.29, 0.717) is 0 Å². The lowest BCUT2D eigenvalue weighted by Crippen LogP contribution is -1.81. The molecule has 0 amide bonds. The summed E-state index contributed by atoms with van der Waals surface area (Å²) < 4.78 is 0. The molecule has 0 atom stereocenters. The first-order chi connectivity index (χ1) is 7.91. The van der Waals surface area contributed by atoms with Crippen LogP contribution in [0.3, 0.4) is 0 Å². The molecule has 0 aromatic heterocycles. The van der Waals surface area contributed by atoms with E-state index in [2.05, 4.69) is 27.0 Å². The summed E-state index contributed by atoms with van der Waals surface area (Å²) in [5.41, 5.74) is 0. The second kappa shape index (κ2) is 20.2. The van der Waals surface area contributed by atoms with Crippen molar-refractivity contribution in [2.24, 2.45) is 0 Å². The van der Waals surface area contributed by atoms with E-state index in [4.69, 9.17) is 0 Å². The number of hydrogen-bond donors (Lipinski definition) is 0. The average Bonchev–Trinajstić information content (AvgIpc) is 2.34. The van der Waals surface area contributed by atoms with E-state index in [1.165, 1.54) is 77.0 Å². The summed E-state index contributed by atoms with van der Waals surface area (Å²) in [4.78, 5) is 0. The number of hydrogen-bond acceptors (Lipinski definition) is 0. The van der Waals surface area contributed by atoms with Crippen LogP contribution in [0.25, 0.3) is 0 Å². The van der Waals surface area contributed by atoms with Crippen LogP contribution in [0.15, 0.2) is 13.2 Å². The van der Waals surface area contributed by atoms with Crippen molar-refractivity contribution in [2.75, 3.05) is 0 Å². The van der Waals surface area contributed by atoms with Crippen LogP contribution in [-0.4, -0.2) is 0 Å². The maximum Gasteiger partial charge on any atom is -0.0533 e. The highest BCUT2D eigenvalue weighted by Crippen LogP contribution is 2.11. The molecule has 0 nitrogen and oxygen atoms in total. The Balaban J connectivity index is 0. The molecule has 0 unspecified atom stereocenters. The van der Waals surface area contributed by atoms with E-state index < -0.39 is 0 Å². The summed E-state index contributed by atoms with van der Waals surface area (Å²) >= 11 is 0. The molecule has 0 saturated heterocycles. The fourth-order valence-corrected chi connectivity index (χ4v) is 1.91. The molecule has 0 heterocycles. The molecule has 0 aliphatic heterocycles. The summed E-state index contributed by atoms with van der Waals surface area (Å²) in [6, 6.07) is 0. The Labute approximate surface area is 105 Å². The summed E-state index contributed by atoms with van der Waals surface area (Å²) in [5.74, 6) is 0. The number of unbranched alkanes of at least 4 members (excludes halogenated alkanes) is 11.